The molecule has 1 heterocycles. The summed E-state index contributed by atoms with van der Waals surface area (Å²) in [5.41, 5.74) is 2.67. The van der Waals surface area contributed by atoms with Gasteiger partial charge in [-0.1, -0.05) is 24.3 Å². The summed E-state index contributed by atoms with van der Waals surface area (Å²) < 4.78 is 5.11. The third kappa shape index (κ3) is 2.81. The highest BCUT2D eigenvalue weighted by molar-refractivity contribution is 5.70. The molecule has 2 rings (SSSR count). The molecule has 1 atom stereocenters. The maximum atomic E-state index is 11.8. The number of carbonyl (C=O) groups is 1. The predicted octanol–water partition coefficient (Wildman–Crippen LogP) is 2.95. The third-order valence-electron chi connectivity index (χ3n) is 4.12. The van der Waals surface area contributed by atoms with Crippen LogP contribution < -0.4 is 0 Å². The van der Waals surface area contributed by atoms with E-state index >= 15 is 0 Å². The summed E-state index contributed by atoms with van der Waals surface area (Å²) in [6.07, 6.45) is 1.43. The third-order valence-corrected chi connectivity index (χ3v) is 4.12. The predicted molar refractivity (Wildman–Crippen MR) is 76.0 cm³/mol. The lowest BCUT2D eigenvalue weighted by Crippen LogP contribution is -2.49. The molecule has 1 unspecified atom stereocenters. The highest BCUT2D eigenvalue weighted by atomic mass is 16.5. The van der Waals surface area contributed by atoms with Gasteiger partial charge in [0, 0.05) is 11.6 Å². The first kappa shape index (κ1) is 14.1. The van der Waals surface area contributed by atoms with Crippen LogP contribution in [0.4, 0.5) is 0 Å². The number of hydrogen-bond acceptors (Lipinski definition) is 3. The molecule has 0 aliphatic carbocycles. The van der Waals surface area contributed by atoms with Crippen molar-refractivity contribution in [2.75, 3.05) is 13.7 Å². The lowest BCUT2D eigenvalue weighted by molar-refractivity contribution is -0.145. The number of benzene rings is 1. The molecule has 0 saturated carbocycles. The Morgan fingerprint density at radius 1 is 1.42 bits per heavy atom. The molecule has 0 fully saturated rings. The van der Waals surface area contributed by atoms with Crippen molar-refractivity contribution in [3.05, 3.63) is 35.4 Å². The number of likely N-dealkylation sites (N-methyl/N-ethyl adjacent to an activating group) is 1. The van der Waals surface area contributed by atoms with E-state index in [2.05, 4.69) is 44.0 Å². The van der Waals surface area contributed by atoms with E-state index in [0.717, 1.165) is 6.42 Å². The Hall–Kier alpha value is -1.35. The van der Waals surface area contributed by atoms with Crippen molar-refractivity contribution in [3.8, 4) is 0 Å². The maximum Gasteiger partial charge on any atom is 0.307 e. The molecule has 0 spiro atoms. The monoisotopic (exact) mass is 261 g/mol. The van der Waals surface area contributed by atoms with Crippen LogP contribution in [0.5, 0.6) is 0 Å². The largest absolute Gasteiger partial charge is 0.466 e. The van der Waals surface area contributed by atoms with Crippen molar-refractivity contribution in [1.29, 1.82) is 0 Å². The van der Waals surface area contributed by atoms with E-state index in [4.69, 9.17) is 4.74 Å². The second kappa shape index (κ2) is 5.33. The number of nitrogens with zero attached hydrogens (tertiary/aromatic N) is 1. The van der Waals surface area contributed by atoms with Crippen molar-refractivity contribution in [2.24, 2.45) is 0 Å². The van der Waals surface area contributed by atoms with Gasteiger partial charge in [-0.3, -0.25) is 9.69 Å². The van der Waals surface area contributed by atoms with Crippen LogP contribution in [0.25, 0.3) is 0 Å². The fourth-order valence-electron chi connectivity index (χ4n) is 2.87. The second-order valence-electron chi connectivity index (χ2n) is 5.82. The van der Waals surface area contributed by atoms with Gasteiger partial charge in [-0.15, -0.1) is 0 Å². The normalized spacial score (nSPS) is 21.8. The van der Waals surface area contributed by atoms with Crippen LogP contribution in [0.15, 0.2) is 24.3 Å². The van der Waals surface area contributed by atoms with E-state index in [9.17, 15) is 4.79 Å². The molecule has 0 aromatic heterocycles. The van der Waals surface area contributed by atoms with E-state index in [-0.39, 0.29) is 17.6 Å². The Morgan fingerprint density at radius 2 is 2.11 bits per heavy atom. The summed E-state index contributed by atoms with van der Waals surface area (Å²) in [5, 5.41) is 0. The average molecular weight is 261 g/mol. The van der Waals surface area contributed by atoms with E-state index in [0.29, 0.717) is 13.0 Å². The minimum Gasteiger partial charge on any atom is -0.466 e. The Morgan fingerprint density at radius 3 is 2.79 bits per heavy atom. The number of ether oxygens (including phenoxy) is 1. The molecule has 0 saturated heterocycles. The first-order chi connectivity index (χ1) is 8.95. The Kier molecular flexibility index (Phi) is 3.95. The quantitative estimate of drug-likeness (QED) is 0.783. The second-order valence-corrected chi connectivity index (χ2v) is 5.82. The van der Waals surface area contributed by atoms with Gasteiger partial charge in [0.2, 0.25) is 0 Å². The average Bonchev–Trinajstić information content (AvgIpc) is 2.35. The van der Waals surface area contributed by atoms with Gasteiger partial charge in [-0.2, -0.15) is 0 Å². The smallest absolute Gasteiger partial charge is 0.307 e. The highest BCUT2D eigenvalue weighted by Gasteiger charge is 2.37. The van der Waals surface area contributed by atoms with Crippen LogP contribution in [0.1, 0.15) is 44.4 Å². The van der Waals surface area contributed by atoms with E-state index in [1.165, 1.54) is 11.1 Å². The summed E-state index contributed by atoms with van der Waals surface area (Å²) in [6.45, 7) is 6.74. The van der Waals surface area contributed by atoms with Crippen molar-refractivity contribution < 1.29 is 9.53 Å². The number of fused-ring (bicyclic) bond motifs is 1. The number of rotatable bonds is 3. The van der Waals surface area contributed by atoms with Crippen LogP contribution in [-0.4, -0.2) is 30.1 Å². The summed E-state index contributed by atoms with van der Waals surface area (Å²) >= 11 is 0. The van der Waals surface area contributed by atoms with Gasteiger partial charge in [0.1, 0.15) is 0 Å². The van der Waals surface area contributed by atoms with Crippen molar-refractivity contribution in [3.63, 3.8) is 0 Å². The zero-order valence-corrected chi connectivity index (χ0v) is 12.3. The molecular formula is C16H23NO2. The molecule has 3 heteroatoms. The molecule has 0 radical (unpaired) electrons. The van der Waals surface area contributed by atoms with Gasteiger partial charge < -0.3 is 4.74 Å². The van der Waals surface area contributed by atoms with Crippen LogP contribution in [0.2, 0.25) is 0 Å². The Bertz CT molecular complexity index is 468. The van der Waals surface area contributed by atoms with Crippen LogP contribution in [-0.2, 0) is 16.0 Å². The molecule has 0 amide bonds. The van der Waals surface area contributed by atoms with E-state index in [1.807, 2.05) is 13.0 Å². The van der Waals surface area contributed by atoms with Gasteiger partial charge in [-0.05, 0) is 45.4 Å². The van der Waals surface area contributed by atoms with E-state index in [1.54, 1.807) is 0 Å². The van der Waals surface area contributed by atoms with Crippen LogP contribution in [0, 0.1) is 0 Å². The van der Waals surface area contributed by atoms with Gasteiger partial charge in [0.05, 0.1) is 13.0 Å². The van der Waals surface area contributed by atoms with Gasteiger partial charge in [-0.25, -0.2) is 0 Å². The van der Waals surface area contributed by atoms with Gasteiger partial charge in [0.25, 0.3) is 0 Å². The van der Waals surface area contributed by atoms with Gasteiger partial charge in [0.15, 0.2) is 0 Å². The highest BCUT2D eigenvalue weighted by Crippen LogP contribution is 2.39. The standard InChI is InChI=1S/C16H23NO2/c1-5-19-15(18)10-14-13-9-7-6-8-12(13)11-16(2,3)17(14)4/h6-9,14H,5,10-11H2,1-4H3. The summed E-state index contributed by atoms with van der Waals surface area (Å²) in [5.74, 6) is -0.119. The Balaban J connectivity index is 2.31. The number of esters is 1. The van der Waals surface area contributed by atoms with Crippen molar-refractivity contribution >= 4 is 5.97 Å². The molecule has 0 N–H and O–H groups in total. The fourth-order valence-corrected chi connectivity index (χ4v) is 2.87. The summed E-state index contributed by atoms with van der Waals surface area (Å²) in [7, 11) is 2.10. The molecular weight excluding hydrogens is 238 g/mol. The zero-order chi connectivity index (χ0) is 14.0. The van der Waals surface area contributed by atoms with Gasteiger partial charge >= 0.3 is 5.97 Å². The molecule has 3 nitrogen and oxygen atoms in total. The van der Waals surface area contributed by atoms with Crippen molar-refractivity contribution in [2.45, 2.75) is 45.2 Å². The minimum atomic E-state index is -0.119. The summed E-state index contributed by atoms with van der Waals surface area (Å²) in [6, 6.07) is 8.52. The topological polar surface area (TPSA) is 29.5 Å². The summed E-state index contributed by atoms with van der Waals surface area (Å²) in [4.78, 5) is 14.1. The molecule has 104 valence electrons. The van der Waals surface area contributed by atoms with Crippen molar-refractivity contribution in [1.82, 2.24) is 4.90 Å². The first-order valence-electron chi connectivity index (χ1n) is 6.92. The lowest BCUT2D eigenvalue weighted by Gasteiger charge is -2.46. The van der Waals surface area contributed by atoms with E-state index < -0.39 is 0 Å². The lowest BCUT2D eigenvalue weighted by atomic mass is 9.81. The molecule has 1 aromatic carbocycles. The first-order valence-corrected chi connectivity index (χ1v) is 6.92. The zero-order valence-electron chi connectivity index (χ0n) is 12.3. The fraction of sp³-hybridized carbons (Fsp3) is 0.562. The van der Waals surface area contributed by atoms with Crippen LogP contribution >= 0.6 is 0 Å². The molecule has 1 aromatic rings. The minimum absolute atomic E-state index is 0.0610. The Labute approximate surface area is 115 Å². The molecule has 1 aliphatic heterocycles. The number of carbonyl (C=O) groups excluding carboxylic acids is 1. The number of hydrogen-bond donors (Lipinski definition) is 0. The molecule has 19 heavy (non-hydrogen) atoms. The van der Waals surface area contributed by atoms with Crippen LogP contribution in [0.3, 0.4) is 0 Å². The molecule has 0 bridgehead atoms. The SMILES string of the molecule is CCOC(=O)CC1c2ccccc2CC(C)(C)N1C. The maximum absolute atomic E-state index is 11.8. The molecule has 1 aliphatic rings.